The molecule has 1 aromatic heterocycles. The molecule has 0 aliphatic heterocycles. The standard InChI is InChI=1S/C18H20N2O5/c1-13(14-7-4-3-5-8-14)20-12-19-11-15(20)16(21)24-18(9-6-10-18)25-17(22)23-2/h3-5,7-8,11-13H,6,9-10H2,1-2H3/t13-/m1/s1. The van der Waals surface area contributed by atoms with Crippen molar-refractivity contribution in [1.29, 1.82) is 0 Å². The molecule has 1 aromatic carbocycles. The fraction of sp³-hybridized carbons (Fsp3) is 0.389. The van der Waals surface area contributed by atoms with Gasteiger partial charge in [0, 0.05) is 12.8 Å². The minimum absolute atomic E-state index is 0.0925. The van der Waals surface area contributed by atoms with Crippen LogP contribution in [0.1, 0.15) is 48.3 Å². The Bertz CT molecular complexity index is 752. The van der Waals surface area contributed by atoms with Gasteiger partial charge in [-0.15, -0.1) is 0 Å². The van der Waals surface area contributed by atoms with Crippen molar-refractivity contribution in [1.82, 2.24) is 9.55 Å². The monoisotopic (exact) mass is 344 g/mol. The molecule has 0 amide bonds. The van der Waals surface area contributed by atoms with E-state index in [-0.39, 0.29) is 6.04 Å². The maximum Gasteiger partial charge on any atom is 0.511 e. The lowest BCUT2D eigenvalue weighted by molar-refractivity contribution is -0.220. The van der Waals surface area contributed by atoms with Crippen LogP contribution in [0.15, 0.2) is 42.9 Å². The smallest absolute Gasteiger partial charge is 0.438 e. The molecule has 0 bridgehead atoms. The lowest BCUT2D eigenvalue weighted by Crippen LogP contribution is -2.46. The van der Waals surface area contributed by atoms with E-state index in [0.29, 0.717) is 18.5 Å². The highest BCUT2D eigenvalue weighted by atomic mass is 16.8. The van der Waals surface area contributed by atoms with Gasteiger partial charge < -0.3 is 18.8 Å². The van der Waals surface area contributed by atoms with Gasteiger partial charge in [-0.1, -0.05) is 30.3 Å². The number of hydrogen-bond acceptors (Lipinski definition) is 6. The molecule has 0 unspecified atom stereocenters. The summed E-state index contributed by atoms with van der Waals surface area (Å²) in [6.07, 6.45) is 3.89. The molecule has 0 saturated heterocycles. The second-order valence-electron chi connectivity index (χ2n) is 5.98. The maximum absolute atomic E-state index is 12.6. The predicted octanol–water partition coefficient (Wildman–Crippen LogP) is 3.31. The normalized spacial score (nSPS) is 16.4. The number of carbonyl (C=O) groups is 2. The highest BCUT2D eigenvalue weighted by molar-refractivity contribution is 5.87. The molecular formula is C18H20N2O5. The molecule has 1 saturated carbocycles. The van der Waals surface area contributed by atoms with Crippen LogP contribution in [0.3, 0.4) is 0 Å². The summed E-state index contributed by atoms with van der Waals surface area (Å²) in [6, 6.07) is 9.68. The second kappa shape index (κ2) is 6.96. The summed E-state index contributed by atoms with van der Waals surface area (Å²) in [4.78, 5) is 28.1. The van der Waals surface area contributed by atoms with Crippen LogP contribution in [-0.4, -0.2) is 34.6 Å². The van der Waals surface area contributed by atoms with Gasteiger partial charge >= 0.3 is 12.1 Å². The predicted molar refractivity (Wildman–Crippen MR) is 88.0 cm³/mol. The number of nitrogens with zero attached hydrogens (tertiary/aromatic N) is 2. The molecule has 0 radical (unpaired) electrons. The van der Waals surface area contributed by atoms with Crippen LogP contribution < -0.4 is 0 Å². The van der Waals surface area contributed by atoms with Gasteiger partial charge in [0.1, 0.15) is 5.69 Å². The number of aromatic nitrogens is 2. The molecule has 2 aromatic rings. The average molecular weight is 344 g/mol. The largest absolute Gasteiger partial charge is 0.511 e. The maximum atomic E-state index is 12.6. The lowest BCUT2D eigenvalue weighted by Gasteiger charge is -2.38. The summed E-state index contributed by atoms with van der Waals surface area (Å²) in [5.74, 6) is -1.82. The third kappa shape index (κ3) is 3.50. The molecule has 1 heterocycles. The minimum atomic E-state index is -1.24. The number of benzene rings is 1. The Morgan fingerprint density at radius 3 is 2.52 bits per heavy atom. The summed E-state index contributed by atoms with van der Waals surface area (Å²) in [5.41, 5.74) is 1.34. The van der Waals surface area contributed by atoms with Crippen LogP contribution in [0, 0.1) is 0 Å². The number of carbonyl (C=O) groups excluding carboxylic acids is 2. The van der Waals surface area contributed by atoms with Gasteiger partial charge in [0.15, 0.2) is 0 Å². The highest BCUT2D eigenvalue weighted by Crippen LogP contribution is 2.38. The Morgan fingerprint density at radius 1 is 1.20 bits per heavy atom. The van der Waals surface area contributed by atoms with E-state index in [1.165, 1.54) is 13.3 Å². The molecule has 0 N–H and O–H groups in total. The summed E-state index contributed by atoms with van der Waals surface area (Å²) in [7, 11) is 1.22. The zero-order valence-corrected chi connectivity index (χ0v) is 14.2. The first-order valence-electron chi connectivity index (χ1n) is 8.12. The Hall–Kier alpha value is -2.83. The summed E-state index contributed by atoms with van der Waals surface area (Å²) < 4.78 is 16.9. The van der Waals surface area contributed by atoms with Crippen molar-refractivity contribution >= 4 is 12.1 Å². The molecule has 7 heteroatoms. The molecule has 25 heavy (non-hydrogen) atoms. The topological polar surface area (TPSA) is 79.7 Å². The average Bonchev–Trinajstić information content (AvgIpc) is 3.09. The van der Waals surface area contributed by atoms with Crippen LogP contribution in [-0.2, 0) is 14.2 Å². The third-order valence-corrected chi connectivity index (χ3v) is 4.40. The van der Waals surface area contributed by atoms with E-state index >= 15 is 0 Å². The van der Waals surface area contributed by atoms with Crippen LogP contribution in [0.2, 0.25) is 0 Å². The van der Waals surface area contributed by atoms with E-state index in [4.69, 9.17) is 9.47 Å². The Labute approximate surface area is 145 Å². The van der Waals surface area contributed by atoms with Gasteiger partial charge in [-0.25, -0.2) is 14.6 Å². The van der Waals surface area contributed by atoms with Crippen molar-refractivity contribution in [2.24, 2.45) is 0 Å². The van der Waals surface area contributed by atoms with Crippen molar-refractivity contribution in [3.05, 3.63) is 54.1 Å². The Balaban J connectivity index is 1.77. The Kier molecular flexibility index (Phi) is 4.74. The molecule has 1 aliphatic carbocycles. The van der Waals surface area contributed by atoms with E-state index in [1.807, 2.05) is 37.3 Å². The van der Waals surface area contributed by atoms with Gasteiger partial charge in [0.05, 0.1) is 25.7 Å². The van der Waals surface area contributed by atoms with Crippen molar-refractivity contribution in [2.75, 3.05) is 7.11 Å². The van der Waals surface area contributed by atoms with Gasteiger partial charge in [-0.2, -0.15) is 0 Å². The van der Waals surface area contributed by atoms with Crippen molar-refractivity contribution in [2.45, 2.75) is 38.0 Å². The van der Waals surface area contributed by atoms with E-state index in [9.17, 15) is 9.59 Å². The number of ether oxygens (including phenoxy) is 3. The molecule has 1 atom stereocenters. The van der Waals surface area contributed by atoms with Gasteiger partial charge in [-0.05, 0) is 18.9 Å². The number of rotatable bonds is 5. The third-order valence-electron chi connectivity index (χ3n) is 4.40. The van der Waals surface area contributed by atoms with Crippen LogP contribution in [0.5, 0.6) is 0 Å². The first-order valence-corrected chi connectivity index (χ1v) is 8.12. The van der Waals surface area contributed by atoms with Crippen LogP contribution >= 0.6 is 0 Å². The fourth-order valence-electron chi connectivity index (χ4n) is 2.77. The summed E-state index contributed by atoms with van der Waals surface area (Å²) in [6.45, 7) is 1.97. The summed E-state index contributed by atoms with van der Waals surface area (Å²) >= 11 is 0. The van der Waals surface area contributed by atoms with Crippen molar-refractivity contribution in [3.8, 4) is 0 Å². The zero-order chi connectivity index (χ0) is 17.9. The van der Waals surface area contributed by atoms with Crippen molar-refractivity contribution < 1.29 is 23.8 Å². The fourth-order valence-corrected chi connectivity index (χ4v) is 2.77. The summed E-state index contributed by atoms with van der Waals surface area (Å²) in [5, 5.41) is 0. The first kappa shape index (κ1) is 17.0. The SMILES string of the molecule is COC(=O)OC1(OC(=O)c2cncn2[C@H](C)c2ccccc2)CCC1. The van der Waals surface area contributed by atoms with E-state index in [1.54, 1.807) is 10.9 Å². The molecule has 3 rings (SSSR count). The number of esters is 1. The van der Waals surface area contributed by atoms with Crippen molar-refractivity contribution in [3.63, 3.8) is 0 Å². The van der Waals surface area contributed by atoms with E-state index < -0.39 is 17.9 Å². The van der Waals surface area contributed by atoms with Crippen LogP contribution in [0.25, 0.3) is 0 Å². The second-order valence-corrected chi connectivity index (χ2v) is 5.98. The van der Waals surface area contributed by atoms with Gasteiger partial charge in [0.25, 0.3) is 5.79 Å². The lowest BCUT2D eigenvalue weighted by atomic mass is 9.91. The molecular weight excluding hydrogens is 324 g/mol. The molecule has 1 aliphatic rings. The molecule has 0 spiro atoms. The number of hydrogen-bond donors (Lipinski definition) is 0. The van der Waals surface area contributed by atoms with Gasteiger partial charge in [-0.3, -0.25) is 0 Å². The van der Waals surface area contributed by atoms with E-state index in [0.717, 1.165) is 12.0 Å². The van der Waals surface area contributed by atoms with Gasteiger partial charge in [0.2, 0.25) is 0 Å². The highest BCUT2D eigenvalue weighted by Gasteiger charge is 2.46. The van der Waals surface area contributed by atoms with E-state index in [2.05, 4.69) is 9.72 Å². The number of imidazole rings is 1. The van der Waals surface area contributed by atoms with Crippen LogP contribution in [0.4, 0.5) is 4.79 Å². The quantitative estimate of drug-likeness (QED) is 0.611. The zero-order valence-electron chi connectivity index (χ0n) is 14.2. The Morgan fingerprint density at radius 2 is 1.92 bits per heavy atom. The minimum Gasteiger partial charge on any atom is -0.438 e. The molecule has 1 fully saturated rings. The molecule has 132 valence electrons. The number of methoxy groups -OCH3 is 1. The molecule has 7 nitrogen and oxygen atoms in total. The first-order chi connectivity index (χ1) is 12.0.